The zero-order valence-corrected chi connectivity index (χ0v) is 12.9. The molecule has 4 nitrogen and oxygen atoms in total. The second kappa shape index (κ2) is 7.72. The van der Waals surface area contributed by atoms with Gasteiger partial charge in [-0.3, -0.25) is 4.79 Å². The lowest BCUT2D eigenvalue weighted by Gasteiger charge is -2.10. The Morgan fingerprint density at radius 1 is 1.53 bits per heavy atom. The van der Waals surface area contributed by atoms with Gasteiger partial charge < -0.3 is 15.7 Å². The number of carbonyl (C=O) groups is 1. The summed E-state index contributed by atoms with van der Waals surface area (Å²) < 4.78 is 0.829. The maximum Gasteiger partial charge on any atom is 0.224 e. The topological polar surface area (TPSA) is 61.4 Å². The molecule has 1 saturated heterocycles. The van der Waals surface area contributed by atoms with E-state index in [0.717, 1.165) is 30.4 Å². The van der Waals surface area contributed by atoms with Gasteiger partial charge in [0.25, 0.3) is 0 Å². The van der Waals surface area contributed by atoms with Gasteiger partial charge in [-0.05, 0) is 50.0 Å². The summed E-state index contributed by atoms with van der Waals surface area (Å²) in [7, 11) is 0. The minimum Gasteiger partial charge on any atom is -0.506 e. The van der Waals surface area contributed by atoms with Gasteiger partial charge in [0.15, 0.2) is 0 Å². The van der Waals surface area contributed by atoms with E-state index in [1.807, 2.05) is 0 Å². The van der Waals surface area contributed by atoms with Gasteiger partial charge in [-0.15, -0.1) is 12.4 Å². The Morgan fingerprint density at radius 2 is 2.32 bits per heavy atom. The van der Waals surface area contributed by atoms with Crippen LogP contribution in [0.1, 0.15) is 19.3 Å². The van der Waals surface area contributed by atoms with Gasteiger partial charge in [-0.25, -0.2) is 0 Å². The third kappa shape index (κ3) is 5.01. The van der Waals surface area contributed by atoms with E-state index in [2.05, 4.69) is 26.6 Å². The fraction of sp³-hybridized carbons (Fsp3) is 0.462. The van der Waals surface area contributed by atoms with Crippen LogP contribution >= 0.6 is 28.3 Å². The van der Waals surface area contributed by atoms with E-state index < -0.39 is 0 Å². The molecule has 6 heteroatoms. The van der Waals surface area contributed by atoms with Crippen LogP contribution in [0.3, 0.4) is 0 Å². The first-order valence-corrected chi connectivity index (χ1v) is 6.93. The van der Waals surface area contributed by atoms with Crippen LogP contribution in [0.5, 0.6) is 5.75 Å². The monoisotopic (exact) mass is 348 g/mol. The van der Waals surface area contributed by atoms with E-state index in [0.29, 0.717) is 18.0 Å². The number of phenols is 1. The Labute approximate surface area is 127 Å². The van der Waals surface area contributed by atoms with Crippen molar-refractivity contribution >= 4 is 39.9 Å². The number of carbonyl (C=O) groups excluding carboxylic acids is 1. The van der Waals surface area contributed by atoms with Crippen molar-refractivity contribution in [1.29, 1.82) is 0 Å². The summed E-state index contributed by atoms with van der Waals surface area (Å²) in [5.41, 5.74) is 0.457. The standard InChI is InChI=1S/C13H17BrN2O2.ClH/c14-10-2-3-12(17)11(7-10)16-13(18)4-1-9-5-6-15-8-9;/h2-3,7,9,15,17H,1,4-6,8H2,(H,16,18);1H. The van der Waals surface area contributed by atoms with E-state index in [4.69, 9.17) is 0 Å². The SMILES string of the molecule is Cl.O=C(CCC1CCNC1)Nc1cc(Br)ccc1O. The zero-order valence-electron chi connectivity index (χ0n) is 10.5. The molecule has 0 saturated carbocycles. The van der Waals surface area contributed by atoms with Crippen molar-refractivity contribution in [2.24, 2.45) is 5.92 Å². The smallest absolute Gasteiger partial charge is 0.224 e. The molecule has 19 heavy (non-hydrogen) atoms. The fourth-order valence-electron chi connectivity index (χ4n) is 2.12. The fourth-order valence-corrected chi connectivity index (χ4v) is 2.48. The van der Waals surface area contributed by atoms with Gasteiger partial charge in [0.2, 0.25) is 5.91 Å². The Kier molecular flexibility index (Phi) is 6.62. The predicted octanol–water partition coefficient (Wildman–Crippen LogP) is 2.90. The van der Waals surface area contributed by atoms with Crippen molar-refractivity contribution in [3.63, 3.8) is 0 Å². The van der Waals surface area contributed by atoms with Gasteiger partial charge in [0.05, 0.1) is 5.69 Å². The highest BCUT2D eigenvalue weighted by molar-refractivity contribution is 9.10. The molecule has 0 bridgehead atoms. The van der Waals surface area contributed by atoms with E-state index in [1.54, 1.807) is 18.2 Å². The molecule has 1 fully saturated rings. The van der Waals surface area contributed by atoms with Crippen LogP contribution < -0.4 is 10.6 Å². The van der Waals surface area contributed by atoms with Crippen molar-refractivity contribution in [2.45, 2.75) is 19.3 Å². The highest BCUT2D eigenvalue weighted by Crippen LogP contribution is 2.27. The number of benzene rings is 1. The number of hydrogen-bond donors (Lipinski definition) is 3. The number of aromatic hydroxyl groups is 1. The van der Waals surface area contributed by atoms with Crippen LogP contribution in [0, 0.1) is 5.92 Å². The normalized spacial score (nSPS) is 17.8. The molecule has 1 amide bonds. The van der Waals surface area contributed by atoms with Crippen LogP contribution in [0.4, 0.5) is 5.69 Å². The first-order valence-electron chi connectivity index (χ1n) is 6.14. The number of nitrogens with one attached hydrogen (secondary N) is 2. The summed E-state index contributed by atoms with van der Waals surface area (Å²) in [4.78, 5) is 11.8. The summed E-state index contributed by atoms with van der Waals surface area (Å²) >= 11 is 3.31. The molecule has 106 valence electrons. The lowest BCUT2D eigenvalue weighted by atomic mass is 10.0. The minimum absolute atomic E-state index is 0. The largest absolute Gasteiger partial charge is 0.506 e. The highest BCUT2D eigenvalue weighted by Gasteiger charge is 2.16. The molecule has 1 unspecified atom stereocenters. The lowest BCUT2D eigenvalue weighted by Crippen LogP contribution is -2.15. The average Bonchev–Trinajstić information content (AvgIpc) is 2.84. The molecule has 2 rings (SSSR count). The molecule has 1 aromatic carbocycles. The Bertz CT molecular complexity index is 437. The van der Waals surface area contributed by atoms with Crippen molar-refractivity contribution in [1.82, 2.24) is 5.32 Å². The molecule has 1 atom stereocenters. The Hall–Kier alpha value is -0.780. The summed E-state index contributed by atoms with van der Waals surface area (Å²) in [5, 5.41) is 15.6. The second-order valence-electron chi connectivity index (χ2n) is 4.61. The molecule has 0 radical (unpaired) electrons. The van der Waals surface area contributed by atoms with Crippen molar-refractivity contribution in [3.8, 4) is 5.75 Å². The molecule has 0 spiro atoms. The minimum atomic E-state index is -0.0460. The summed E-state index contributed by atoms with van der Waals surface area (Å²) in [6.07, 6.45) is 2.54. The zero-order chi connectivity index (χ0) is 13.0. The van der Waals surface area contributed by atoms with Crippen LogP contribution in [0.25, 0.3) is 0 Å². The number of phenolic OH excluding ortho intramolecular Hbond substituents is 1. The first kappa shape index (κ1) is 16.3. The molecule has 1 aliphatic heterocycles. The average molecular weight is 350 g/mol. The van der Waals surface area contributed by atoms with Crippen LogP contribution in [0.2, 0.25) is 0 Å². The Balaban J connectivity index is 0.00000180. The van der Waals surface area contributed by atoms with Crippen molar-refractivity contribution < 1.29 is 9.90 Å². The van der Waals surface area contributed by atoms with E-state index in [1.165, 1.54) is 0 Å². The number of halogens is 2. The molecule has 3 N–H and O–H groups in total. The maximum atomic E-state index is 11.8. The maximum absolute atomic E-state index is 11.8. The van der Waals surface area contributed by atoms with Gasteiger partial charge in [-0.1, -0.05) is 15.9 Å². The molecule has 1 aromatic rings. The highest BCUT2D eigenvalue weighted by atomic mass is 79.9. The predicted molar refractivity (Wildman–Crippen MR) is 81.9 cm³/mol. The Morgan fingerprint density at radius 3 is 3.00 bits per heavy atom. The second-order valence-corrected chi connectivity index (χ2v) is 5.52. The third-order valence-corrected chi connectivity index (χ3v) is 3.67. The third-order valence-electron chi connectivity index (χ3n) is 3.17. The molecule has 1 aliphatic rings. The molecular weight excluding hydrogens is 332 g/mol. The van der Waals surface area contributed by atoms with Gasteiger partial charge in [-0.2, -0.15) is 0 Å². The molecule has 0 aromatic heterocycles. The first-order chi connectivity index (χ1) is 8.65. The summed E-state index contributed by atoms with van der Waals surface area (Å²) in [6, 6.07) is 4.99. The number of rotatable bonds is 4. The molecule has 1 heterocycles. The van der Waals surface area contributed by atoms with Crippen LogP contribution in [0.15, 0.2) is 22.7 Å². The number of hydrogen-bond acceptors (Lipinski definition) is 3. The van der Waals surface area contributed by atoms with Gasteiger partial charge in [0, 0.05) is 10.9 Å². The number of amides is 1. The van der Waals surface area contributed by atoms with Gasteiger partial charge in [0.1, 0.15) is 5.75 Å². The summed E-state index contributed by atoms with van der Waals surface area (Å²) in [6.45, 7) is 2.06. The molecular formula is C13H18BrClN2O2. The summed E-state index contributed by atoms with van der Waals surface area (Å²) in [5.74, 6) is 0.649. The quantitative estimate of drug-likeness (QED) is 0.733. The van der Waals surface area contributed by atoms with Crippen LogP contribution in [-0.4, -0.2) is 24.1 Å². The van der Waals surface area contributed by atoms with E-state index in [9.17, 15) is 9.90 Å². The van der Waals surface area contributed by atoms with Crippen molar-refractivity contribution in [3.05, 3.63) is 22.7 Å². The molecule has 0 aliphatic carbocycles. The van der Waals surface area contributed by atoms with E-state index in [-0.39, 0.29) is 24.1 Å². The van der Waals surface area contributed by atoms with Gasteiger partial charge >= 0.3 is 0 Å². The van der Waals surface area contributed by atoms with Crippen molar-refractivity contribution in [2.75, 3.05) is 18.4 Å². The lowest BCUT2D eigenvalue weighted by molar-refractivity contribution is -0.116. The van der Waals surface area contributed by atoms with Crippen LogP contribution in [-0.2, 0) is 4.79 Å². The van der Waals surface area contributed by atoms with E-state index >= 15 is 0 Å². The number of anilines is 1.